The van der Waals surface area contributed by atoms with Gasteiger partial charge in [0.25, 0.3) is 11.8 Å². The van der Waals surface area contributed by atoms with Crippen molar-refractivity contribution in [3.8, 4) is 0 Å². The molecule has 2 aromatic heterocycles. The average Bonchev–Trinajstić information content (AvgIpc) is 3.36. The van der Waals surface area contributed by atoms with Crippen LogP contribution in [0.2, 0.25) is 0 Å². The second kappa shape index (κ2) is 10.2. The van der Waals surface area contributed by atoms with Crippen molar-refractivity contribution in [2.45, 2.75) is 37.4 Å². The predicted octanol–water partition coefficient (Wildman–Crippen LogP) is 0.0355. The SMILES string of the molecule is [2H]c1c([2H])c([2H])[n+](CC2=C(C(=O)O)N3C(=O)[C@@H](NC(=O)/C(=N\OC(C)(C)C(=O)O)c4csc(N)n4)[C@H]3SC2)c([2H])c1[2H]. The summed E-state index contributed by atoms with van der Waals surface area (Å²) in [5.41, 5.74) is 3.03. The zero-order valence-corrected chi connectivity index (χ0v) is 20.9. The summed E-state index contributed by atoms with van der Waals surface area (Å²) in [7, 11) is 0. The molecule has 2 aliphatic heterocycles. The summed E-state index contributed by atoms with van der Waals surface area (Å²) in [5.74, 6) is -4.59. The van der Waals surface area contributed by atoms with Gasteiger partial charge in [0.05, 0.1) is 4.11 Å². The smallest absolute Gasteiger partial charge is 0.352 e. The third-order valence-electron chi connectivity index (χ3n) is 5.25. The van der Waals surface area contributed by atoms with Crippen molar-refractivity contribution in [2.24, 2.45) is 5.16 Å². The molecule has 2 aromatic rings. The maximum Gasteiger partial charge on any atom is 0.352 e. The van der Waals surface area contributed by atoms with E-state index in [4.69, 9.17) is 17.4 Å². The van der Waals surface area contributed by atoms with Gasteiger partial charge in [-0.25, -0.2) is 19.1 Å². The minimum atomic E-state index is -1.81. The number of amides is 2. The summed E-state index contributed by atoms with van der Waals surface area (Å²) in [6.07, 6.45) is -1.12. The molecular weight excluding hydrogens is 524 g/mol. The molecule has 0 aliphatic carbocycles. The van der Waals surface area contributed by atoms with Gasteiger partial charge in [0.1, 0.15) is 25.5 Å². The van der Waals surface area contributed by atoms with Gasteiger partial charge in [0.15, 0.2) is 29.7 Å². The van der Waals surface area contributed by atoms with E-state index in [0.717, 1.165) is 32.6 Å². The summed E-state index contributed by atoms with van der Waals surface area (Å²) in [4.78, 5) is 60.0. The highest BCUT2D eigenvalue weighted by atomic mass is 32.2. The van der Waals surface area contributed by atoms with Crippen molar-refractivity contribution in [3.63, 3.8) is 0 Å². The van der Waals surface area contributed by atoms with Crippen LogP contribution in [0.25, 0.3) is 0 Å². The Morgan fingerprint density at radius 3 is 2.65 bits per heavy atom. The Morgan fingerprint density at radius 2 is 2.05 bits per heavy atom. The maximum atomic E-state index is 13.2. The molecule has 194 valence electrons. The first-order valence-electron chi connectivity index (χ1n) is 12.9. The van der Waals surface area contributed by atoms with Crippen molar-refractivity contribution in [3.05, 3.63) is 52.8 Å². The first-order chi connectivity index (χ1) is 19.6. The Morgan fingerprint density at radius 1 is 1.35 bits per heavy atom. The predicted molar refractivity (Wildman–Crippen MR) is 132 cm³/mol. The van der Waals surface area contributed by atoms with Crippen LogP contribution in [0.15, 0.2) is 52.3 Å². The number of fused-ring (bicyclic) bond motifs is 1. The number of carbonyl (C=O) groups is 4. The first kappa shape index (κ1) is 20.1. The second-order valence-electron chi connectivity index (χ2n) is 8.22. The van der Waals surface area contributed by atoms with Crippen LogP contribution in [0.3, 0.4) is 0 Å². The van der Waals surface area contributed by atoms with E-state index < -0.39 is 89.2 Å². The minimum Gasteiger partial charge on any atom is -0.478 e. The fourth-order valence-corrected chi connectivity index (χ4v) is 5.22. The van der Waals surface area contributed by atoms with Gasteiger partial charge in [-0.05, 0) is 13.8 Å². The molecular formula is C22H23N6O7S2+. The molecule has 2 amide bonds. The number of pyridine rings is 1. The number of hydrogen-bond acceptors (Lipinski definition) is 10. The number of rotatable bonds is 9. The number of thiazole rings is 1. The van der Waals surface area contributed by atoms with Crippen molar-refractivity contribution in [1.82, 2.24) is 15.2 Å². The summed E-state index contributed by atoms with van der Waals surface area (Å²) in [6.45, 7) is 2.02. The number of anilines is 1. The third kappa shape index (κ3) is 5.27. The van der Waals surface area contributed by atoms with Gasteiger partial charge in [0.2, 0.25) is 5.60 Å². The van der Waals surface area contributed by atoms with Gasteiger partial charge in [-0.15, -0.1) is 23.1 Å². The summed E-state index contributed by atoms with van der Waals surface area (Å²) in [6, 6.07) is -3.02. The van der Waals surface area contributed by atoms with Gasteiger partial charge >= 0.3 is 11.9 Å². The van der Waals surface area contributed by atoms with Crippen LogP contribution in [0.5, 0.6) is 0 Å². The standard InChI is InChI=1S/C22H22N6O7S2/c1-22(2,20(33)34)35-26-13(12-10-37-21(23)24-12)16(29)25-14-17(30)28-15(19(31)32)11(9-36-18(14)28)8-27-6-4-3-5-7-27/h3-7,10,14,18H,8-9H2,1-2H3,(H4-,23,24,25,29,31,32,33,34)/p+1/b26-13-/t14-,18-/m1/s1/i3D,4D,5D,6D,7D. The quantitative estimate of drug-likeness (QED) is 0.143. The number of carboxylic acids is 2. The lowest BCUT2D eigenvalue weighted by molar-refractivity contribution is -0.689. The molecule has 1 saturated heterocycles. The fraction of sp³-hybridized carbons (Fsp3) is 0.318. The number of hydrogen-bond donors (Lipinski definition) is 4. The van der Waals surface area contributed by atoms with E-state index in [1.54, 1.807) is 0 Å². The second-order valence-corrected chi connectivity index (χ2v) is 10.2. The summed E-state index contributed by atoms with van der Waals surface area (Å²) >= 11 is 2.07. The molecule has 0 spiro atoms. The monoisotopic (exact) mass is 552 g/mol. The lowest BCUT2D eigenvalue weighted by Gasteiger charge is -2.49. The molecule has 4 rings (SSSR count). The highest BCUT2D eigenvalue weighted by molar-refractivity contribution is 8.00. The molecule has 0 saturated carbocycles. The molecule has 4 heterocycles. The Kier molecular flexibility index (Phi) is 5.53. The normalized spacial score (nSPS) is 21.6. The summed E-state index contributed by atoms with van der Waals surface area (Å²) in [5, 5.41) is 26.0. The third-order valence-corrected chi connectivity index (χ3v) is 7.27. The lowest BCUT2D eigenvalue weighted by Crippen LogP contribution is -2.71. The van der Waals surface area contributed by atoms with Crippen molar-refractivity contribution in [2.75, 3.05) is 11.5 Å². The van der Waals surface area contributed by atoms with Crippen LogP contribution in [0.4, 0.5) is 5.13 Å². The number of aromatic nitrogens is 2. The van der Waals surface area contributed by atoms with E-state index in [2.05, 4.69) is 15.5 Å². The van der Waals surface area contributed by atoms with Crippen LogP contribution < -0.4 is 15.6 Å². The van der Waals surface area contributed by atoms with E-state index in [0.29, 0.717) is 0 Å². The number of nitrogens with zero attached hydrogens (tertiary/aromatic N) is 4. The van der Waals surface area contributed by atoms with Gasteiger partial charge < -0.3 is 26.1 Å². The van der Waals surface area contributed by atoms with E-state index in [9.17, 15) is 29.4 Å². The van der Waals surface area contributed by atoms with Gasteiger partial charge in [-0.3, -0.25) is 14.5 Å². The number of nitrogens with one attached hydrogen (secondary N) is 1. The molecule has 2 atom stereocenters. The Bertz CT molecular complexity index is 1570. The summed E-state index contributed by atoms with van der Waals surface area (Å²) < 4.78 is 40.6. The molecule has 5 N–H and O–H groups in total. The van der Waals surface area contributed by atoms with Gasteiger partial charge in [-0.2, -0.15) is 0 Å². The fourth-order valence-electron chi connectivity index (χ4n) is 3.33. The molecule has 2 aliphatic rings. The van der Waals surface area contributed by atoms with Crippen LogP contribution in [-0.4, -0.2) is 72.3 Å². The number of oxime groups is 1. The number of carbonyl (C=O) groups excluding carboxylic acids is 2. The van der Waals surface area contributed by atoms with E-state index in [-0.39, 0.29) is 22.2 Å². The Labute approximate surface area is 225 Å². The largest absolute Gasteiger partial charge is 0.478 e. The number of aliphatic carboxylic acids is 2. The molecule has 0 aromatic carbocycles. The number of thioether (sulfide) groups is 1. The lowest BCUT2D eigenvalue weighted by atomic mass is 10.0. The number of nitrogen functional groups attached to an aromatic ring is 1. The molecule has 13 nitrogen and oxygen atoms in total. The topological polar surface area (TPSA) is 188 Å². The van der Waals surface area contributed by atoms with Crippen LogP contribution in [0.1, 0.15) is 26.4 Å². The van der Waals surface area contributed by atoms with E-state index in [1.807, 2.05) is 0 Å². The van der Waals surface area contributed by atoms with Crippen LogP contribution in [0, 0.1) is 0 Å². The molecule has 0 bridgehead atoms. The average molecular weight is 553 g/mol. The minimum absolute atomic E-state index is 0.00288. The van der Waals surface area contributed by atoms with Crippen molar-refractivity contribution in [1.29, 1.82) is 0 Å². The van der Waals surface area contributed by atoms with Gasteiger partial charge in [0, 0.05) is 28.8 Å². The van der Waals surface area contributed by atoms with Crippen molar-refractivity contribution < 1.29 is 45.6 Å². The highest BCUT2D eigenvalue weighted by Crippen LogP contribution is 2.40. The molecule has 0 radical (unpaired) electrons. The highest BCUT2D eigenvalue weighted by Gasteiger charge is 2.54. The molecule has 0 unspecified atom stereocenters. The number of β-lactam (4-membered cyclic amide) rings is 1. The zero-order chi connectivity index (χ0) is 31.3. The number of nitrogens with two attached hydrogens (primary N) is 1. The van der Waals surface area contributed by atoms with Crippen LogP contribution in [-0.2, 0) is 30.6 Å². The number of carboxylic acid groups (broad SMARTS) is 2. The molecule has 37 heavy (non-hydrogen) atoms. The molecule has 1 fully saturated rings. The van der Waals surface area contributed by atoms with Crippen molar-refractivity contribution >= 4 is 57.7 Å². The zero-order valence-electron chi connectivity index (χ0n) is 24.3. The Balaban J connectivity index is 1.61. The maximum absolute atomic E-state index is 13.2. The van der Waals surface area contributed by atoms with E-state index >= 15 is 0 Å². The first-order valence-corrected chi connectivity index (χ1v) is 12.4. The van der Waals surface area contributed by atoms with E-state index in [1.165, 1.54) is 19.2 Å². The Hall–Kier alpha value is -3.98. The molecule has 15 heteroatoms. The van der Waals surface area contributed by atoms with Crippen LogP contribution >= 0.6 is 23.1 Å². The van der Waals surface area contributed by atoms with Gasteiger partial charge in [-0.1, -0.05) is 11.2 Å².